The zero-order valence-electron chi connectivity index (χ0n) is 19.8. The van der Waals surface area contributed by atoms with E-state index in [1.54, 1.807) is 37.3 Å². The van der Waals surface area contributed by atoms with E-state index < -0.39 is 5.97 Å². The summed E-state index contributed by atoms with van der Waals surface area (Å²) in [6.07, 6.45) is 1.02. The molecular formula is C28H27N3O4. The largest absolute Gasteiger partial charge is 0.462 e. The number of anilines is 2. The molecule has 0 unspecified atom stereocenters. The summed E-state index contributed by atoms with van der Waals surface area (Å²) >= 11 is 0. The van der Waals surface area contributed by atoms with E-state index in [1.807, 2.05) is 42.5 Å². The summed E-state index contributed by atoms with van der Waals surface area (Å²) in [4.78, 5) is 44.2. The van der Waals surface area contributed by atoms with Crippen molar-refractivity contribution in [3.8, 4) is 0 Å². The number of benzene rings is 3. The molecule has 0 saturated heterocycles. The van der Waals surface area contributed by atoms with Gasteiger partial charge in [-0.3, -0.25) is 14.6 Å². The minimum Gasteiger partial charge on any atom is -0.462 e. The van der Waals surface area contributed by atoms with Gasteiger partial charge in [0.2, 0.25) is 11.8 Å². The highest BCUT2D eigenvalue weighted by Gasteiger charge is 2.26. The third-order valence-electron chi connectivity index (χ3n) is 5.72. The Morgan fingerprint density at radius 3 is 2.37 bits per heavy atom. The second-order valence-corrected chi connectivity index (χ2v) is 8.10. The molecule has 3 aromatic carbocycles. The molecular weight excluding hydrogens is 442 g/mol. The maximum absolute atomic E-state index is 13.3. The SMILES string of the molecule is CCOC(=O)c1ccc(NC(=O)CN2C(=O)CC(c3ccc(CC)cc3)=Nc3ccccc32)cc1. The number of amides is 2. The number of esters is 1. The van der Waals surface area contributed by atoms with Crippen LogP contribution in [0.5, 0.6) is 0 Å². The number of hydrogen-bond donors (Lipinski definition) is 1. The topological polar surface area (TPSA) is 88.1 Å². The molecule has 1 aliphatic heterocycles. The standard InChI is InChI=1S/C28H27N3O4/c1-3-19-9-11-20(12-10-19)24-17-27(33)31(25-8-6-5-7-23(25)30-24)18-26(32)29-22-15-13-21(14-16-22)28(34)35-4-2/h5-16H,3-4,17-18H2,1-2H3,(H,29,32). The summed E-state index contributed by atoms with van der Waals surface area (Å²) in [5, 5.41) is 2.79. The Morgan fingerprint density at radius 2 is 1.69 bits per heavy atom. The van der Waals surface area contributed by atoms with Gasteiger partial charge in [-0.1, -0.05) is 43.3 Å². The van der Waals surface area contributed by atoms with E-state index in [0.717, 1.165) is 12.0 Å². The highest BCUT2D eigenvalue weighted by molar-refractivity contribution is 6.19. The van der Waals surface area contributed by atoms with Crippen molar-refractivity contribution in [1.82, 2.24) is 0 Å². The van der Waals surface area contributed by atoms with E-state index >= 15 is 0 Å². The zero-order chi connectivity index (χ0) is 24.8. The Labute approximate surface area is 204 Å². The quantitative estimate of drug-likeness (QED) is 0.498. The van der Waals surface area contributed by atoms with E-state index in [-0.39, 0.29) is 31.4 Å². The highest BCUT2D eigenvalue weighted by Crippen LogP contribution is 2.33. The van der Waals surface area contributed by atoms with Crippen LogP contribution in [0.2, 0.25) is 0 Å². The van der Waals surface area contributed by atoms with Crippen LogP contribution in [0.25, 0.3) is 0 Å². The van der Waals surface area contributed by atoms with Gasteiger partial charge < -0.3 is 15.0 Å². The van der Waals surface area contributed by atoms with Gasteiger partial charge in [-0.05, 0) is 60.9 Å². The van der Waals surface area contributed by atoms with Crippen LogP contribution in [0.4, 0.5) is 17.1 Å². The van der Waals surface area contributed by atoms with Crippen molar-refractivity contribution in [2.24, 2.45) is 4.99 Å². The van der Waals surface area contributed by atoms with E-state index in [4.69, 9.17) is 9.73 Å². The van der Waals surface area contributed by atoms with Crippen molar-refractivity contribution in [2.45, 2.75) is 26.7 Å². The van der Waals surface area contributed by atoms with E-state index in [2.05, 4.69) is 12.2 Å². The van der Waals surface area contributed by atoms with Crippen LogP contribution in [0, 0.1) is 0 Å². The number of aryl methyl sites for hydroxylation is 1. The van der Waals surface area contributed by atoms with Gasteiger partial charge in [0.15, 0.2) is 0 Å². The maximum atomic E-state index is 13.3. The molecule has 1 aliphatic rings. The lowest BCUT2D eigenvalue weighted by Crippen LogP contribution is -2.38. The van der Waals surface area contributed by atoms with Gasteiger partial charge in [0.05, 0.1) is 35.7 Å². The number of nitrogens with one attached hydrogen (secondary N) is 1. The molecule has 7 nitrogen and oxygen atoms in total. The van der Waals surface area contributed by atoms with E-state index in [0.29, 0.717) is 28.3 Å². The second kappa shape index (κ2) is 10.8. The lowest BCUT2D eigenvalue weighted by molar-refractivity contribution is -0.120. The predicted molar refractivity (Wildman–Crippen MR) is 136 cm³/mol. The number of carbonyl (C=O) groups excluding carboxylic acids is 3. The lowest BCUT2D eigenvalue weighted by Gasteiger charge is -2.22. The van der Waals surface area contributed by atoms with Crippen LogP contribution in [0.3, 0.4) is 0 Å². The minimum absolute atomic E-state index is 0.0850. The first kappa shape index (κ1) is 23.9. The van der Waals surface area contributed by atoms with Crippen molar-refractivity contribution < 1.29 is 19.1 Å². The summed E-state index contributed by atoms with van der Waals surface area (Å²) < 4.78 is 4.98. The minimum atomic E-state index is -0.419. The summed E-state index contributed by atoms with van der Waals surface area (Å²) in [5.41, 5.74) is 4.92. The molecule has 1 heterocycles. The number of rotatable bonds is 7. The first-order valence-electron chi connectivity index (χ1n) is 11.6. The molecule has 4 rings (SSSR count). The monoisotopic (exact) mass is 469 g/mol. The van der Waals surface area contributed by atoms with E-state index in [9.17, 15) is 14.4 Å². The van der Waals surface area contributed by atoms with Gasteiger partial charge >= 0.3 is 5.97 Å². The molecule has 178 valence electrons. The number of nitrogens with zero attached hydrogens (tertiary/aromatic N) is 2. The third-order valence-corrected chi connectivity index (χ3v) is 5.72. The number of para-hydroxylation sites is 2. The fraction of sp³-hybridized carbons (Fsp3) is 0.214. The number of ether oxygens (including phenoxy) is 1. The lowest BCUT2D eigenvalue weighted by atomic mass is 10.0. The highest BCUT2D eigenvalue weighted by atomic mass is 16.5. The Balaban J connectivity index is 1.51. The molecule has 7 heteroatoms. The molecule has 0 radical (unpaired) electrons. The average molecular weight is 470 g/mol. The molecule has 1 N–H and O–H groups in total. The van der Waals surface area contributed by atoms with Gasteiger partial charge in [0.25, 0.3) is 0 Å². The van der Waals surface area contributed by atoms with Crippen LogP contribution < -0.4 is 10.2 Å². The number of fused-ring (bicyclic) bond motifs is 1. The van der Waals surface area contributed by atoms with Gasteiger partial charge in [-0.25, -0.2) is 4.79 Å². The number of hydrogen-bond acceptors (Lipinski definition) is 5. The molecule has 0 spiro atoms. The van der Waals surface area contributed by atoms with Crippen LogP contribution in [-0.4, -0.2) is 36.6 Å². The Hall–Kier alpha value is -4.26. The fourth-order valence-corrected chi connectivity index (χ4v) is 3.87. The van der Waals surface area contributed by atoms with Gasteiger partial charge in [-0.15, -0.1) is 0 Å². The molecule has 0 atom stereocenters. The molecule has 0 fully saturated rings. The van der Waals surface area contributed by atoms with Crippen LogP contribution in [0.1, 0.15) is 41.8 Å². The summed E-state index contributed by atoms with van der Waals surface area (Å²) in [5.74, 6) is -0.980. The molecule has 3 aromatic rings. The summed E-state index contributed by atoms with van der Waals surface area (Å²) in [6.45, 7) is 3.96. The Kier molecular flexibility index (Phi) is 7.35. The van der Waals surface area contributed by atoms with Gasteiger partial charge in [-0.2, -0.15) is 0 Å². The normalized spacial score (nSPS) is 12.9. The maximum Gasteiger partial charge on any atom is 0.338 e. The Morgan fingerprint density at radius 1 is 0.971 bits per heavy atom. The fourth-order valence-electron chi connectivity index (χ4n) is 3.87. The summed E-state index contributed by atoms with van der Waals surface area (Å²) in [6, 6.07) is 21.8. The first-order chi connectivity index (χ1) is 17.0. The number of carbonyl (C=O) groups is 3. The molecule has 35 heavy (non-hydrogen) atoms. The van der Waals surface area contributed by atoms with Crippen molar-refractivity contribution in [1.29, 1.82) is 0 Å². The van der Waals surface area contributed by atoms with Crippen molar-refractivity contribution in [2.75, 3.05) is 23.4 Å². The predicted octanol–water partition coefficient (Wildman–Crippen LogP) is 4.92. The smallest absolute Gasteiger partial charge is 0.338 e. The zero-order valence-corrected chi connectivity index (χ0v) is 19.8. The van der Waals surface area contributed by atoms with E-state index in [1.165, 1.54) is 10.5 Å². The van der Waals surface area contributed by atoms with Gasteiger partial charge in [0.1, 0.15) is 6.54 Å². The van der Waals surface area contributed by atoms with Gasteiger partial charge in [0, 0.05) is 5.69 Å². The molecule has 0 aromatic heterocycles. The molecule has 2 amide bonds. The average Bonchev–Trinajstić information content (AvgIpc) is 3.01. The molecule has 0 saturated carbocycles. The molecule has 0 bridgehead atoms. The third kappa shape index (κ3) is 5.63. The number of aliphatic imine (C=N–C) groups is 1. The van der Waals surface area contributed by atoms with Crippen LogP contribution in [0.15, 0.2) is 77.8 Å². The first-order valence-corrected chi connectivity index (χ1v) is 11.6. The van der Waals surface area contributed by atoms with Crippen LogP contribution in [-0.2, 0) is 20.7 Å². The van der Waals surface area contributed by atoms with Crippen molar-refractivity contribution in [3.63, 3.8) is 0 Å². The molecule has 0 aliphatic carbocycles. The second-order valence-electron chi connectivity index (χ2n) is 8.10. The van der Waals surface area contributed by atoms with Crippen LogP contribution >= 0.6 is 0 Å². The Bertz CT molecular complexity index is 1260. The van der Waals surface area contributed by atoms with Crippen molar-refractivity contribution >= 4 is 40.6 Å². The summed E-state index contributed by atoms with van der Waals surface area (Å²) in [7, 11) is 0. The van der Waals surface area contributed by atoms with Crippen molar-refractivity contribution in [3.05, 3.63) is 89.5 Å².